The summed E-state index contributed by atoms with van der Waals surface area (Å²) in [4.78, 5) is 18.9. The van der Waals surface area contributed by atoms with E-state index in [0.717, 1.165) is 49.9 Å². The summed E-state index contributed by atoms with van der Waals surface area (Å²) in [6.07, 6.45) is 6.79. The average Bonchev–Trinajstić information content (AvgIpc) is 2.45. The van der Waals surface area contributed by atoms with Crippen molar-refractivity contribution in [3.05, 3.63) is 29.6 Å². The molecule has 1 aliphatic carbocycles. The molecule has 0 radical (unpaired) electrons. The van der Waals surface area contributed by atoms with Crippen LogP contribution in [0, 0.1) is 6.92 Å². The van der Waals surface area contributed by atoms with Crippen molar-refractivity contribution in [2.24, 2.45) is 5.73 Å². The summed E-state index contributed by atoms with van der Waals surface area (Å²) in [7, 11) is 0. The number of nitrogens with two attached hydrogens (primary N) is 1. The van der Waals surface area contributed by atoms with E-state index in [1.54, 1.807) is 6.20 Å². The molecule has 0 aliphatic heterocycles. The van der Waals surface area contributed by atoms with E-state index in [4.69, 9.17) is 5.73 Å². The van der Waals surface area contributed by atoms with Gasteiger partial charge in [-0.05, 0) is 51.2 Å². The van der Waals surface area contributed by atoms with Crippen molar-refractivity contribution in [2.75, 3.05) is 6.54 Å². The van der Waals surface area contributed by atoms with Crippen LogP contribution in [0.5, 0.6) is 0 Å². The van der Waals surface area contributed by atoms with Crippen LogP contribution in [0.2, 0.25) is 0 Å². The van der Waals surface area contributed by atoms with Crippen LogP contribution in [0.4, 0.5) is 0 Å². The van der Waals surface area contributed by atoms with Crippen LogP contribution in [0.3, 0.4) is 0 Å². The van der Waals surface area contributed by atoms with Crippen LogP contribution in [-0.2, 0) is 0 Å². The lowest BCUT2D eigenvalue weighted by atomic mass is 9.90. The van der Waals surface area contributed by atoms with Gasteiger partial charge in [-0.2, -0.15) is 0 Å². The van der Waals surface area contributed by atoms with Gasteiger partial charge in [0.15, 0.2) is 0 Å². The monoisotopic (exact) mass is 275 g/mol. The molecule has 4 heteroatoms. The van der Waals surface area contributed by atoms with Gasteiger partial charge in [-0.3, -0.25) is 9.78 Å². The maximum Gasteiger partial charge on any atom is 0.254 e. The Morgan fingerprint density at radius 1 is 1.40 bits per heavy atom. The van der Waals surface area contributed by atoms with Crippen molar-refractivity contribution in [3.8, 4) is 0 Å². The summed E-state index contributed by atoms with van der Waals surface area (Å²) in [6, 6.07) is 4.34. The SMILES string of the molecule is CCCN(C(=O)c1ccnc(C)c1)C1CCC(N)CC1. The van der Waals surface area contributed by atoms with E-state index in [1.165, 1.54) is 0 Å². The zero-order chi connectivity index (χ0) is 14.5. The molecule has 0 unspecified atom stereocenters. The van der Waals surface area contributed by atoms with Gasteiger partial charge in [0, 0.05) is 36.1 Å². The van der Waals surface area contributed by atoms with Crippen LogP contribution >= 0.6 is 0 Å². The lowest BCUT2D eigenvalue weighted by Gasteiger charge is -2.36. The Morgan fingerprint density at radius 2 is 2.10 bits per heavy atom. The normalized spacial score (nSPS) is 22.6. The molecule has 4 nitrogen and oxygen atoms in total. The number of hydrogen-bond acceptors (Lipinski definition) is 3. The molecule has 0 atom stereocenters. The topological polar surface area (TPSA) is 59.2 Å². The fraction of sp³-hybridized carbons (Fsp3) is 0.625. The molecule has 0 aromatic carbocycles. The molecule has 110 valence electrons. The first-order valence-corrected chi connectivity index (χ1v) is 7.61. The van der Waals surface area contributed by atoms with Gasteiger partial charge in [-0.1, -0.05) is 6.92 Å². The molecule has 1 aliphatic rings. The number of carbonyl (C=O) groups excluding carboxylic acids is 1. The maximum absolute atomic E-state index is 12.7. The molecule has 1 amide bonds. The van der Waals surface area contributed by atoms with E-state index in [2.05, 4.69) is 11.9 Å². The number of amides is 1. The molecular formula is C16H25N3O. The van der Waals surface area contributed by atoms with Crippen LogP contribution in [0.25, 0.3) is 0 Å². The third kappa shape index (κ3) is 3.57. The minimum Gasteiger partial charge on any atom is -0.336 e. The Bertz CT molecular complexity index is 453. The summed E-state index contributed by atoms with van der Waals surface area (Å²) < 4.78 is 0. The van der Waals surface area contributed by atoms with Crippen LogP contribution in [-0.4, -0.2) is 34.4 Å². The van der Waals surface area contributed by atoms with Crippen LogP contribution in [0.15, 0.2) is 18.3 Å². The summed E-state index contributed by atoms with van der Waals surface area (Å²) in [5, 5.41) is 0. The fourth-order valence-corrected chi connectivity index (χ4v) is 2.95. The van der Waals surface area contributed by atoms with Crippen molar-refractivity contribution in [1.82, 2.24) is 9.88 Å². The smallest absolute Gasteiger partial charge is 0.254 e. The van der Waals surface area contributed by atoms with E-state index in [1.807, 2.05) is 24.0 Å². The predicted molar refractivity (Wildman–Crippen MR) is 80.5 cm³/mol. The van der Waals surface area contributed by atoms with E-state index in [-0.39, 0.29) is 5.91 Å². The van der Waals surface area contributed by atoms with E-state index < -0.39 is 0 Å². The molecule has 2 N–H and O–H groups in total. The Kier molecular flexibility index (Phi) is 5.12. The van der Waals surface area contributed by atoms with Gasteiger partial charge < -0.3 is 10.6 Å². The molecule has 1 aromatic heterocycles. The van der Waals surface area contributed by atoms with Crippen molar-refractivity contribution < 1.29 is 4.79 Å². The van der Waals surface area contributed by atoms with Crippen molar-refractivity contribution in [1.29, 1.82) is 0 Å². The summed E-state index contributed by atoms with van der Waals surface area (Å²) in [6.45, 7) is 4.85. The molecule has 0 bridgehead atoms. The highest BCUT2D eigenvalue weighted by Gasteiger charge is 2.27. The van der Waals surface area contributed by atoms with E-state index in [9.17, 15) is 4.79 Å². The van der Waals surface area contributed by atoms with Gasteiger partial charge in [0.2, 0.25) is 0 Å². The van der Waals surface area contributed by atoms with Crippen molar-refractivity contribution in [3.63, 3.8) is 0 Å². The van der Waals surface area contributed by atoms with Gasteiger partial charge in [-0.25, -0.2) is 0 Å². The van der Waals surface area contributed by atoms with Crippen LogP contribution in [0.1, 0.15) is 55.1 Å². The van der Waals surface area contributed by atoms with E-state index in [0.29, 0.717) is 12.1 Å². The molecule has 0 saturated heterocycles. The van der Waals surface area contributed by atoms with Gasteiger partial charge in [0.05, 0.1) is 0 Å². The largest absolute Gasteiger partial charge is 0.336 e. The van der Waals surface area contributed by atoms with E-state index >= 15 is 0 Å². The summed E-state index contributed by atoms with van der Waals surface area (Å²) in [5.41, 5.74) is 7.60. The summed E-state index contributed by atoms with van der Waals surface area (Å²) >= 11 is 0. The minimum absolute atomic E-state index is 0.137. The number of pyridine rings is 1. The molecular weight excluding hydrogens is 250 g/mol. The first-order valence-electron chi connectivity index (χ1n) is 7.61. The minimum atomic E-state index is 0.137. The number of aryl methyl sites for hydroxylation is 1. The molecule has 0 spiro atoms. The Labute approximate surface area is 121 Å². The second-order valence-corrected chi connectivity index (χ2v) is 5.75. The molecule has 1 heterocycles. The molecule has 2 rings (SSSR count). The number of rotatable bonds is 4. The standard InChI is InChI=1S/C16H25N3O/c1-3-10-19(15-6-4-14(17)5-7-15)16(20)13-8-9-18-12(2)11-13/h8-9,11,14-15H,3-7,10,17H2,1-2H3. The van der Waals surface area contributed by atoms with Gasteiger partial charge >= 0.3 is 0 Å². The quantitative estimate of drug-likeness (QED) is 0.918. The second kappa shape index (κ2) is 6.84. The molecule has 1 saturated carbocycles. The highest BCUT2D eigenvalue weighted by atomic mass is 16.2. The van der Waals surface area contributed by atoms with Crippen molar-refractivity contribution in [2.45, 2.75) is 58.0 Å². The Hall–Kier alpha value is -1.42. The highest BCUT2D eigenvalue weighted by molar-refractivity contribution is 5.94. The number of carbonyl (C=O) groups is 1. The number of hydrogen-bond donors (Lipinski definition) is 1. The second-order valence-electron chi connectivity index (χ2n) is 5.75. The number of nitrogens with zero attached hydrogens (tertiary/aromatic N) is 2. The lowest BCUT2D eigenvalue weighted by Crippen LogP contribution is -2.44. The first kappa shape index (κ1) is 15.0. The molecule has 1 fully saturated rings. The van der Waals surface area contributed by atoms with Gasteiger partial charge in [-0.15, -0.1) is 0 Å². The van der Waals surface area contributed by atoms with Gasteiger partial charge in [0.25, 0.3) is 5.91 Å². The van der Waals surface area contributed by atoms with Crippen LogP contribution < -0.4 is 5.73 Å². The maximum atomic E-state index is 12.7. The zero-order valence-electron chi connectivity index (χ0n) is 12.5. The third-order valence-corrected chi connectivity index (χ3v) is 4.05. The van der Waals surface area contributed by atoms with Gasteiger partial charge in [0.1, 0.15) is 0 Å². The predicted octanol–water partition coefficient (Wildman–Crippen LogP) is 2.51. The highest BCUT2D eigenvalue weighted by Crippen LogP contribution is 2.24. The average molecular weight is 275 g/mol. The molecule has 20 heavy (non-hydrogen) atoms. The molecule has 1 aromatic rings. The Balaban J connectivity index is 2.13. The zero-order valence-corrected chi connectivity index (χ0v) is 12.5. The fourth-order valence-electron chi connectivity index (χ4n) is 2.95. The Morgan fingerprint density at radius 3 is 2.70 bits per heavy atom. The lowest BCUT2D eigenvalue weighted by molar-refractivity contribution is 0.0626. The third-order valence-electron chi connectivity index (χ3n) is 4.05. The van der Waals surface area contributed by atoms with Crippen molar-refractivity contribution >= 4 is 5.91 Å². The summed E-state index contributed by atoms with van der Waals surface area (Å²) in [5.74, 6) is 0.137. The number of aromatic nitrogens is 1. The first-order chi connectivity index (χ1) is 9.61.